The number of hydrogen-bond donors (Lipinski definition) is 2. The molecule has 2 N–H and O–H groups in total. The minimum absolute atomic E-state index is 0.0321. The van der Waals surface area contributed by atoms with Crippen LogP contribution in [-0.2, 0) is 9.59 Å². The third kappa shape index (κ3) is 6.13. The number of rotatable bonds is 7. The van der Waals surface area contributed by atoms with Gasteiger partial charge in [-0.05, 0) is 29.7 Å². The molecule has 1 atom stereocenters. The first-order valence-corrected chi connectivity index (χ1v) is 6.44. The summed E-state index contributed by atoms with van der Waals surface area (Å²) in [6.45, 7) is 2.19. The van der Waals surface area contributed by atoms with Crippen molar-refractivity contribution in [1.29, 1.82) is 0 Å². The number of benzene rings is 1. The maximum Gasteiger partial charge on any atom is 0.303 e. The molecule has 0 aliphatic heterocycles. The summed E-state index contributed by atoms with van der Waals surface area (Å²) < 4.78 is 12.9. The SMILES string of the molecule is CCC(CNC(=O)/C=C/c1cccc(F)c1)CC(=O)O. The maximum absolute atomic E-state index is 12.9. The quantitative estimate of drug-likeness (QED) is 0.753. The number of aliphatic carboxylic acids is 1. The van der Waals surface area contributed by atoms with Crippen LogP contribution in [0.3, 0.4) is 0 Å². The van der Waals surface area contributed by atoms with Crippen LogP contribution in [0.2, 0.25) is 0 Å². The van der Waals surface area contributed by atoms with Crippen LogP contribution in [-0.4, -0.2) is 23.5 Å². The van der Waals surface area contributed by atoms with Gasteiger partial charge in [-0.2, -0.15) is 0 Å². The Balaban J connectivity index is 2.45. The van der Waals surface area contributed by atoms with Crippen molar-refractivity contribution in [2.24, 2.45) is 5.92 Å². The minimum atomic E-state index is -0.874. The Bertz CT molecular complexity index is 500. The van der Waals surface area contributed by atoms with Gasteiger partial charge in [-0.25, -0.2) is 4.39 Å². The fourth-order valence-electron chi connectivity index (χ4n) is 1.69. The first kappa shape index (κ1) is 15.9. The second-order valence-corrected chi connectivity index (χ2v) is 4.51. The van der Waals surface area contributed by atoms with Crippen molar-refractivity contribution in [2.75, 3.05) is 6.54 Å². The van der Waals surface area contributed by atoms with E-state index >= 15 is 0 Å². The molecular formula is C15H18FNO3. The van der Waals surface area contributed by atoms with E-state index in [0.29, 0.717) is 18.5 Å². The van der Waals surface area contributed by atoms with Gasteiger partial charge in [0.05, 0.1) is 0 Å². The monoisotopic (exact) mass is 279 g/mol. The summed E-state index contributed by atoms with van der Waals surface area (Å²) in [6.07, 6.45) is 3.53. The first-order valence-electron chi connectivity index (χ1n) is 6.44. The van der Waals surface area contributed by atoms with E-state index < -0.39 is 5.97 Å². The molecule has 0 fully saturated rings. The molecule has 108 valence electrons. The first-order chi connectivity index (χ1) is 9.51. The summed E-state index contributed by atoms with van der Waals surface area (Å²) in [4.78, 5) is 22.2. The van der Waals surface area contributed by atoms with Crippen molar-refractivity contribution < 1.29 is 19.1 Å². The maximum atomic E-state index is 12.9. The highest BCUT2D eigenvalue weighted by Crippen LogP contribution is 2.07. The Morgan fingerprint density at radius 1 is 1.45 bits per heavy atom. The molecule has 1 amide bonds. The Labute approximate surface area is 117 Å². The molecule has 0 aliphatic carbocycles. The van der Waals surface area contributed by atoms with Gasteiger partial charge in [0.25, 0.3) is 0 Å². The van der Waals surface area contributed by atoms with Crippen LogP contribution in [0.25, 0.3) is 6.08 Å². The molecule has 0 saturated heterocycles. The number of hydrogen-bond acceptors (Lipinski definition) is 2. The topological polar surface area (TPSA) is 66.4 Å². The number of carbonyl (C=O) groups is 2. The van der Waals surface area contributed by atoms with E-state index in [9.17, 15) is 14.0 Å². The Morgan fingerprint density at radius 3 is 2.80 bits per heavy atom. The third-order valence-electron chi connectivity index (χ3n) is 2.88. The lowest BCUT2D eigenvalue weighted by molar-refractivity contribution is -0.138. The molecule has 0 bridgehead atoms. The standard InChI is InChI=1S/C15H18FNO3/c1-2-11(9-15(19)20)10-17-14(18)7-6-12-4-3-5-13(16)8-12/h3-8,11H,2,9-10H2,1H3,(H,17,18)(H,19,20)/b7-6+. The summed E-state index contributed by atoms with van der Waals surface area (Å²) >= 11 is 0. The highest BCUT2D eigenvalue weighted by molar-refractivity contribution is 5.91. The summed E-state index contributed by atoms with van der Waals surface area (Å²) in [5.74, 6) is -1.64. The largest absolute Gasteiger partial charge is 0.481 e. The van der Waals surface area contributed by atoms with Crippen molar-refractivity contribution in [3.05, 3.63) is 41.7 Å². The van der Waals surface area contributed by atoms with E-state index in [1.165, 1.54) is 24.3 Å². The van der Waals surface area contributed by atoms with E-state index in [4.69, 9.17) is 5.11 Å². The molecule has 0 heterocycles. The minimum Gasteiger partial charge on any atom is -0.481 e. The van der Waals surface area contributed by atoms with E-state index in [0.717, 1.165) is 0 Å². The van der Waals surface area contributed by atoms with Gasteiger partial charge >= 0.3 is 5.97 Å². The Kier molecular flexibility index (Phi) is 6.43. The second-order valence-electron chi connectivity index (χ2n) is 4.51. The molecule has 5 heteroatoms. The molecule has 1 aromatic rings. The van der Waals surface area contributed by atoms with Crippen molar-refractivity contribution in [1.82, 2.24) is 5.32 Å². The van der Waals surface area contributed by atoms with E-state index in [1.807, 2.05) is 6.92 Å². The zero-order chi connectivity index (χ0) is 15.0. The molecule has 20 heavy (non-hydrogen) atoms. The normalized spacial score (nSPS) is 12.3. The van der Waals surface area contributed by atoms with E-state index in [-0.39, 0.29) is 24.1 Å². The van der Waals surface area contributed by atoms with Crippen molar-refractivity contribution in [2.45, 2.75) is 19.8 Å². The molecule has 0 spiro atoms. The lowest BCUT2D eigenvalue weighted by Crippen LogP contribution is -2.28. The summed E-state index contributed by atoms with van der Waals surface area (Å²) in [6, 6.07) is 5.90. The lowest BCUT2D eigenvalue weighted by atomic mass is 10.0. The number of nitrogens with one attached hydrogen (secondary N) is 1. The van der Waals surface area contributed by atoms with Crippen molar-refractivity contribution in [3.63, 3.8) is 0 Å². The predicted molar refractivity (Wildman–Crippen MR) is 74.5 cm³/mol. The van der Waals surface area contributed by atoms with E-state index in [2.05, 4.69) is 5.32 Å². The van der Waals surface area contributed by atoms with Crippen LogP contribution >= 0.6 is 0 Å². The van der Waals surface area contributed by atoms with Crippen LogP contribution in [0.4, 0.5) is 4.39 Å². The Hall–Kier alpha value is -2.17. The molecule has 0 aromatic heterocycles. The van der Waals surface area contributed by atoms with Gasteiger partial charge in [-0.1, -0.05) is 25.5 Å². The van der Waals surface area contributed by atoms with Crippen molar-refractivity contribution in [3.8, 4) is 0 Å². The molecular weight excluding hydrogens is 261 g/mol. The van der Waals surface area contributed by atoms with Gasteiger partial charge in [0.15, 0.2) is 0 Å². The Morgan fingerprint density at radius 2 is 2.20 bits per heavy atom. The van der Waals surface area contributed by atoms with Gasteiger partial charge < -0.3 is 10.4 Å². The highest BCUT2D eigenvalue weighted by Gasteiger charge is 2.11. The number of halogens is 1. The summed E-state index contributed by atoms with van der Waals surface area (Å²) in [5.41, 5.74) is 0.595. The number of amides is 1. The van der Waals surface area contributed by atoms with Crippen LogP contribution < -0.4 is 5.32 Å². The summed E-state index contributed by atoms with van der Waals surface area (Å²) in [5, 5.41) is 11.3. The zero-order valence-electron chi connectivity index (χ0n) is 11.3. The fourth-order valence-corrected chi connectivity index (χ4v) is 1.69. The number of carbonyl (C=O) groups excluding carboxylic acids is 1. The second kappa shape index (κ2) is 8.09. The van der Waals surface area contributed by atoms with Crippen LogP contribution in [0.1, 0.15) is 25.3 Å². The molecule has 1 aromatic carbocycles. The predicted octanol–water partition coefficient (Wildman–Crippen LogP) is 2.46. The van der Waals surface area contributed by atoms with Crippen LogP contribution in [0.15, 0.2) is 30.3 Å². The molecule has 1 unspecified atom stereocenters. The van der Waals surface area contributed by atoms with Crippen molar-refractivity contribution >= 4 is 18.0 Å². The highest BCUT2D eigenvalue weighted by atomic mass is 19.1. The fraction of sp³-hybridized carbons (Fsp3) is 0.333. The number of carboxylic acids is 1. The molecule has 0 radical (unpaired) electrons. The average molecular weight is 279 g/mol. The molecule has 0 saturated carbocycles. The summed E-state index contributed by atoms with van der Waals surface area (Å²) in [7, 11) is 0. The van der Waals surface area contributed by atoms with Gasteiger partial charge in [-0.3, -0.25) is 9.59 Å². The molecule has 0 aliphatic rings. The van der Waals surface area contributed by atoms with Gasteiger partial charge in [0, 0.05) is 19.0 Å². The zero-order valence-corrected chi connectivity index (χ0v) is 11.3. The molecule has 1 rings (SSSR count). The lowest BCUT2D eigenvalue weighted by Gasteiger charge is -2.12. The molecule has 4 nitrogen and oxygen atoms in total. The third-order valence-corrected chi connectivity index (χ3v) is 2.88. The van der Waals surface area contributed by atoms with Gasteiger partial charge in [-0.15, -0.1) is 0 Å². The van der Waals surface area contributed by atoms with Crippen LogP contribution in [0.5, 0.6) is 0 Å². The number of carboxylic acid groups (broad SMARTS) is 1. The van der Waals surface area contributed by atoms with Gasteiger partial charge in [0.1, 0.15) is 5.82 Å². The average Bonchev–Trinajstić information content (AvgIpc) is 2.40. The smallest absolute Gasteiger partial charge is 0.303 e. The van der Waals surface area contributed by atoms with Gasteiger partial charge in [0.2, 0.25) is 5.91 Å². The van der Waals surface area contributed by atoms with Crippen LogP contribution in [0, 0.1) is 11.7 Å². The van der Waals surface area contributed by atoms with E-state index in [1.54, 1.807) is 12.1 Å².